The highest BCUT2D eigenvalue weighted by Crippen LogP contribution is 2.53. The topological polar surface area (TPSA) is 112 Å². The number of nitrogen functional groups attached to an aromatic ring is 1. The Labute approximate surface area is 244 Å². The second-order valence-electron chi connectivity index (χ2n) is 11.6. The van der Waals surface area contributed by atoms with Crippen molar-refractivity contribution in [2.75, 3.05) is 23.7 Å². The van der Waals surface area contributed by atoms with E-state index in [1.165, 1.54) is 27.8 Å². The monoisotopic (exact) mass is 606 g/mol. The molecular formula is C28H33F3N6O2S2. The first-order valence-corrected chi connectivity index (χ1v) is 15.3. The fourth-order valence-electron chi connectivity index (χ4n) is 5.64. The number of nitrogens with two attached hydrogens (primary N) is 1. The van der Waals surface area contributed by atoms with Gasteiger partial charge in [0.05, 0.1) is 6.04 Å². The summed E-state index contributed by atoms with van der Waals surface area (Å²) in [5, 5.41) is 0. The van der Waals surface area contributed by atoms with Crippen LogP contribution in [0.2, 0.25) is 0 Å². The van der Waals surface area contributed by atoms with Gasteiger partial charge in [-0.05, 0) is 63.3 Å². The van der Waals surface area contributed by atoms with E-state index in [1.807, 2.05) is 37.8 Å². The highest BCUT2D eigenvalue weighted by atomic mass is 32.2. The minimum absolute atomic E-state index is 0.0798. The zero-order valence-corrected chi connectivity index (χ0v) is 24.9. The number of nitrogens with one attached hydrogen (secondary N) is 1. The Morgan fingerprint density at radius 2 is 1.83 bits per heavy atom. The van der Waals surface area contributed by atoms with Gasteiger partial charge < -0.3 is 15.2 Å². The largest absolute Gasteiger partial charge is 0.598 e. The molecule has 13 heteroatoms. The van der Waals surface area contributed by atoms with Gasteiger partial charge in [-0.1, -0.05) is 36.0 Å². The first-order valence-electron chi connectivity index (χ1n) is 13.3. The SMILES string of the molecule is Cn1c(N2CCC3(CC2)Cc2ccccc2[C@H]3N[S+]([O-])C(C)(C)C)nc(N)c(Sc2cccnc2C(F)(F)F)c1=O. The minimum Gasteiger partial charge on any atom is -0.598 e. The zero-order chi connectivity index (χ0) is 29.7. The second-order valence-corrected chi connectivity index (χ2v) is 14.6. The smallest absolute Gasteiger partial charge is 0.434 e. The summed E-state index contributed by atoms with van der Waals surface area (Å²) in [6.45, 7) is 7.01. The van der Waals surface area contributed by atoms with Gasteiger partial charge in [-0.3, -0.25) is 14.3 Å². The van der Waals surface area contributed by atoms with Crippen molar-refractivity contribution in [1.82, 2.24) is 19.3 Å². The van der Waals surface area contributed by atoms with Crippen LogP contribution in [0.4, 0.5) is 24.9 Å². The van der Waals surface area contributed by atoms with Gasteiger partial charge in [-0.15, -0.1) is 4.72 Å². The number of pyridine rings is 1. The molecule has 0 bridgehead atoms. The molecular weight excluding hydrogens is 573 g/mol. The van der Waals surface area contributed by atoms with Gasteiger partial charge in [-0.25, -0.2) is 0 Å². The van der Waals surface area contributed by atoms with Crippen molar-refractivity contribution < 1.29 is 17.7 Å². The Bertz CT molecular complexity index is 1500. The summed E-state index contributed by atoms with van der Waals surface area (Å²) in [5.74, 6) is 0.242. The van der Waals surface area contributed by atoms with Crippen molar-refractivity contribution >= 4 is 34.9 Å². The molecule has 1 aromatic carbocycles. The Morgan fingerprint density at radius 3 is 2.49 bits per heavy atom. The lowest BCUT2D eigenvalue weighted by Gasteiger charge is -2.44. The third-order valence-corrected chi connectivity index (χ3v) is 10.5. The van der Waals surface area contributed by atoms with E-state index in [-0.39, 0.29) is 27.1 Å². The number of rotatable bonds is 5. The lowest BCUT2D eigenvalue weighted by Crippen LogP contribution is -2.50. The molecule has 2 aromatic heterocycles. The van der Waals surface area contributed by atoms with E-state index >= 15 is 0 Å². The molecule has 0 amide bonds. The first kappa shape index (κ1) is 29.7. The van der Waals surface area contributed by atoms with Gasteiger partial charge in [-0.2, -0.15) is 18.2 Å². The number of hydrogen-bond donors (Lipinski definition) is 2. The number of anilines is 2. The van der Waals surface area contributed by atoms with Crippen LogP contribution in [0.25, 0.3) is 0 Å². The number of nitrogens with zero attached hydrogens (tertiary/aromatic N) is 4. The van der Waals surface area contributed by atoms with Gasteiger partial charge in [0.2, 0.25) is 5.95 Å². The number of aromatic nitrogens is 3. The number of halogens is 3. The molecule has 3 N–H and O–H groups in total. The molecule has 220 valence electrons. The molecule has 2 atom stereocenters. The molecule has 8 nitrogen and oxygen atoms in total. The van der Waals surface area contributed by atoms with Crippen molar-refractivity contribution in [3.63, 3.8) is 0 Å². The molecule has 1 aliphatic carbocycles. The lowest BCUT2D eigenvalue weighted by molar-refractivity contribution is -0.143. The van der Waals surface area contributed by atoms with Crippen molar-refractivity contribution in [3.8, 4) is 0 Å². The van der Waals surface area contributed by atoms with Gasteiger partial charge in [0.25, 0.3) is 5.56 Å². The summed E-state index contributed by atoms with van der Waals surface area (Å²) in [7, 11) is 1.55. The summed E-state index contributed by atoms with van der Waals surface area (Å²) in [4.78, 5) is 23.0. The van der Waals surface area contributed by atoms with Crippen LogP contribution in [0.3, 0.4) is 0 Å². The molecule has 5 rings (SSSR count). The maximum absolute atomic E-state index is 13.5. The third-order valence-electron chi connectivity index (χ3n) is 7.85. The predicted molar refractivity (Wildman–Crippen MR) is 155 cm³/mol. The maximum atomic E-state index is 13.5. The Kier molecular flexibility index (Phi) is 7.86. The molecule has 41 heavy (non-hydrogen) atoms. The van der Waals surface area contributed by atoms with Crippen LogP contribution in [0.1, 0.15) is 56.5 Å². The molecule has 0 radical (unpaired) electrons. The van der Waals surface area contributed by atoms with Crippen molar-refractivity contribution in [2.24, 2.45) is 12.5 Å². The molecule has 1 aliphatic heterocycles. The van der Waals surface area contributed by atoms with E-state index in [2.05, 4.69) is 26.8 Å². The number of alkyl halides is 3. The van der Waals surface area contributed by atoms with Crippen molar-refractivity contribution in [1.29, 1.82) is 0 Å². The number of piperidine rings is 1. The van der Waals surface area contributed by atoms with Crippen LogP contribution in [-0.4, -0.2) is 36.9 Å². The molecule has 2 aliphatic rings. The van der Waals surface area contributed by atoms with Crippen LogP contribution in [0.15, 0.2) is 57.2 Å². The van der Waals surface area contributed by atoms with E-state index < -0.39 is 33.5 Å². The second kappa shape index (κ2) is 10.8. The Balaban J connectivity index is 1.39. The van der Waals surface area contributed by atoms with Gasteiger partial charge in [0.1, 0.15) is 15.5 Å². The fourth-order valence-corrected chi connectivity index (χ4v) is 7.59. The minimum atomic E-state index is -4.67. The predicted octanol–water partition coefficient (Wildman–Crippen LogP) is 4.86. The fraction of sp³-hybridized carbons (Fsp3) is 0.464. The third kappa shape index (κ3) is 5.69. The standard InChI is InChI=1S/C28H33F3N6O2S2/c1-26(2,3)41(39)35-21-18-9-6-5-8-17(18)16-27(21)11-14-37(15-12-27)25-34-23(32)20(24(38)36(25)4)40-19-10-7-13-33-22(19)28(29,30)31/h5-10,13,21,35H,11-12,14-16,32H2,1-4H3/t21-,41?/m1/s1. The Morgan fingerprint density at radius 1 is 1.15 bits per heavy atom. The summed E-state index contributed by atoms with van der Waals surface area (Å²) in [6.07, 6.45) is -1.24. The lowest BCUT2D eigenvalue weighted by atomic mass is 9.73. The molecule has 1 spiro atoms. The van der Waals surface area contributed by atoms with E-state index in [4.69, 9.17) is 5.73 Å². The van der Waals surface area contributed by atoms with Gasteiger partial charge in [0, 0.05) is 48.0 Å². The highest BCUT2D eigenvalue weighted by molar-refractivity contribution is 7.99. The number of benzene rings is 1. The van der Waals surface area contributed by atoms with Crippen LogP contribution < -0.4 is 20.9 Å². The summed E-state index contributed by atoms with van der Waals surface area (Å²) in [5.41, 5.74) is 6.83. The average Bonchev–Trinajstić information content (AvgIpc) is 3.20. The average molecular weight is 607 g/mol. The van der Waals surface area contributed by atoms with E-state index in [0.29, 0.717) is 30.8 Å². The first-order chi connectivity index (χ1) is 19.2. The normalized spacial score (nSPS) is 19.4. The van der Waals surface area contributed by atoms with Crippen LogP contribution in [0, 0.1) is 5.41 Å². The number of hydrogen-bond acceptors (Lipinski definition) is 8. The Hall–Kier alpha value is -2.74. The van der Waals surface area contributed by atoms with E-state index in [0.717, 1.165) is 25.5 Å². The van der Waals surface area contributed by atoms with Gasteiger partial charge >= 0.3 is 6.18 Å². The zero-order valence-electron chi connectivity index (χ0n) is 23.3. The summed E-state index contributed by atoms with van der Waals surface area (Å²) < 4.78 is 57.9. The number of fused-ring (bicyclic) bond motifs is 1. The molecule has 0 saturated carbocycles. The highest BCUT2D eigenvalue weighted by Gasteiger charge is 2.50. The molecule has 1 unspecified atom stereocenters. The van der Waals surface area contributed by atoms with E-state index in [9.17, 15) is 22.5 Å². The van der Waals surface area contributed by atoms with Crippen molar-refractivity contribution in [2.45, 2.75) is 66.8 Å². The van der Waals surface area contributed by atoms with E-state index in [1.54, 1.807) is 7.05 Å². The molecule has 1 fully saturated rings. The van der Waals surface area contributed by atoms with Crippen LogP contribution in [-0.2, 0) is 31.0 Å². The quantitative estimate of drug-likeness (QED) is 0.396. The van der Waals surface area contributed by atoms with Gasteiger partial charge in [0.15, 0.2) is 5.69 Å². The molecule has 3 heterocycles. The van der Waals surface area contributed by atoms with Crippen molar-refractivity contribution in [3.05, 3.63) is 69.8 Å². The molecule has 3 aromatic rings. The molecule has 1 saturated heterocycles. The maximum Gasteiger partial charge on any atom is 0.434 e. The van der Waals surface area contributed by atoms with Crippen LogP contribution >= 0.6 is 11.8 Å². The summed E-state index contributed by atoms with van der Waals surface area (Å²) in [6, 6.07) is 10.8. The summed E-state index contributed by atoms with van der Waals surface area (Å²) >= 11 is -0.638. The van der Waals surface area contributed by atoms with Crippen LogP contribution in [0.5, 0.6) is 0 Å².